The number of rotatable bonds is 4. The van der Waals surface area contributed by atoms with E-state index in [4.69, 9.17) is 0 Å². The van der Waals surface area contributed by atoms with Gasteiger partial charge in [0.2, 0.25) is 0 Å². The van der Waals surface area contributed by atoms with E-state index >= 15 is 0 Å². The van der Waals surface area contributed by atoms with Gasteiger partial charge in [-0.2, -0.15) is 0 Å². The summed E-state index contributed by atoms with van der Waals surface area (Å²) in [6.07, 6.45) is 10.9. The van der Waals surface area contributed by atoms with Gasteiger partial charge in [-0.15, -0.1) is 0 Å². The average molecular weight is 233 g/mol. The van der Waals surface area contributed by atoms with Crippen molar-refractivity contribution in [1.29, 1.82) is 0 Å². The number of hydrogen-bond acceptors (Lipinski definition) is 1. The van der Waals surface area contributed by atoms with Gasteiger partial charge in [0.25, 0.3) is 5.91 Å². The highest BCUT2D eigenvalue weighted by atomic mass is 16.1. The standard InChI is InChI=1S/C15H23NO/c1-5-15(3,4)11-16-14(17)13-8-6-7-12(2)9-10-13/h6-10,12H,5,11H2,1-4H3,(H,16,17). The zero-order valence-electron chi connectivity index (χ0n) is 11.3. The van der Waals surface area contributed by atoms with Crippen molar-refractivity contribution in [3.8, 4) is 0 Å². The summed E-state index contributed by atoms with van der Waals surface area (Å²) in [5, 5.41) is 2.99. The highest BCUT2D eigenvalue weighted by Crippen LogP contribution is 2.18. The Morgan fingerprint density at radius 3 is 2.76 bits per heavy atom. The van der Waals surface area contributed by atoms with Gasteiger partial charge < -0.3 is 5.32 Å². The first-order valence-corrected chi connectivity index (χ1v) is 6.29. The van der Waals surface area contributed by atoms with Crippen LogP contribution in [0.5, 0.6) is 0 Å². The predicted octanol–water partition coefficient (Wildman–Crippen LogP) is 3.23. The third-order valence-electron chi connectivity index (χ3n) is 3.22. The minimum atomic E-state index is 0.0153. The van der Waals surface area contributed by atoms with Crippen LogP contribution in [0, 0.1) is 11.3 Å². The van der Waals surface area contributed by atoms with Gasteiger partial charge in [0.1, 0.15) is 0 Å². The molecule has 2 heteroatoms. The van der Waals surface area contributed by atoms with Crippen molar-refractivity contribution in [2.24, 2.45) is 11.3 Å². The van der Waals surface area contributed by atoms with Crippen molar-refractivity contribution in [3.63, 3.8) is 0 Å². The number of nitrogens with one attached hydrogen (secondary N) is 1. The fourth-order valence-electron chi connectivity index (χ4n) is 1.41. The van der Waals surface area contributed by atoms with Crippen LogP contribution in [0.3, 0.4) is 0 Å². The quantitative estimate of drug-likeness (QED) is 0.793. The van der Waals surface area contributed by atoms with Crippen molar-refractivity contribution in [1.82, 2.24) is 5.32 Å². The van der Waals surface area contributed by atoms with Crippen molar-refractivity contribution < 1.29 is 4.79 Å². The van der Waals surface area contributed by atoms with Crippen LogP contribution in [-0.4, -0.2) is 12.5 Å². The van der Waals surface area contributed by atoms with E-state index in [-0.39, 0.29) is 11.3 Å². The van der Waals surface area contributed by atoms with Crippen LogP contribution < -0.4 is 5.32 Å². The zero-order valence-corrected chi connectivity index (χ0v) is 11.3. The minimum Gasteiger partial charge on any atom is -0.352 e. The third kappa shape index (κ3) is 4.59. The molecule has 0 aromatic heterocycles. The molecular formula is C15H23NO. The molecule has 1 unspecified atom stereocenters. The normalized spacial score (nSPS) is 19.8. The number of carbonyl (C=O) groups is 1. The number of allylic oxidation sites excluding steroid dienone is 4. The summed E-state index contributed by atoms with van der Waals surface area (Å²) in [7, 11) is 0. The first-order valence-electron chi connectivity index (χ1n) is 6.29. The largest absolute Gasteiger partial charge is 0.352 e. The molecule has 2 nitrogen and oxygen atoms in total. The molecule has 0 radical (unpaired) electrons. The Morgan fingerprint density at radius 2 is 2.12 bits per heavy atom. The smallest absolute Gasteiger partial charge is 0.251 e. The molecule has 1 N–H and O–H groups in total. The van der Waals surface area contributed by atoms with Gasteiger partial charge in [0.05, 0.1) is 0 Å². The van der Waals surface area contributed by atoms with Crippen molar-refractivity contribution in [2.75, 3.05) is 6.54 Å². The molecule has 0 fully saturated rings. The Bertz CT molecular complexity index is 361. The lowest BCUT2D eigenvalue weighted by atomic mass is 9.90. The summed E-state index contributed by atoms with van der Waals surface area (Å²) < 4.78 is 0. The molecule has 17 heavy (non-hydrogen) atoms. The molecule has 0 heterocycles. The van der Waals surface area contributed by atoms with Crippen LogP contribution in [0.2, 0.25) is 0 Å². The van der Waals surface area contributed by atoms with Crippen molar-refractivity contribution >= 4 is 5.91 Å². The second-order valence-electron chi connectivity index (χ2n) is 5.43. The molecule has 0 spiro atoms. The summed E-state index contributed by atoms with van der Waals surface area (Å²) in [5.74, 6) is 0.408. The molecule has 0 saturated carbocycles. The lowest BCUT2D eigenvalue weighted by Crippen LogP contribution is -2.34. The highest BCUT2D eigenvalue weighted by Gasteiger charge is 2.17. The van der Waals surface area contributed by atoms with Gasteiger partial charge in [0, 0.05) is 12.1 Å². The van der Waals surface area contributed by atoms with Crippen molar-refractivity contribution in [3.05, 3.63) is 36.0 Å². The first kappa shape index (κ1) is 13.8. The van der Waals surface area contributed by atoms with E-state index in [0.717, 1.165) is 12.0 Å². The van der Waals surface area contributed by atoms with Crippen LogP contribution in [0.4, 0.5) is 0 Å². The fraction of sp³-hybridized carbons (Fsp3) is 0.533. The summed E-state index contributed by atoms with van der Waals surface area (Å²) in [4.78, 5) is 12.0. The number of hydrogen-bond donors (Lipinski definition) is 1. The van der Waals surface area contributed by atoms with E-state index in [1.54, 1.807) is 0 Å². The van der Waals surface area contributed by atoms with E-state index < -0.39 is 0 Å². The molecule has 94 valence electrons. The van der Waals surface area contributed by atoms with Gasteiger partial charge in [-0.25, -0.2) is 0 Å². The number of amides is 1. The van der Waals surface area contributed by atoms with Crippen LogP contribution in [-0.2, 0) is 4.79 Å². The summed E-state index contributed by atoms with van der Waals surface area (Å²) >= 11 is 0. The number of carbonyl (C=O) groups excluding carboxylic acids is 1. The Hall–Kier alpha value is -1.31. The molecule has 0 saturated heterocycles. The molecule has 1 aliphatic carbocycles. The fourth-order valence-corrected chi connectivity index (χ4v) is 1.41. The molecule has 1 rings (SSSR count). The summed E-state index contributed by atoms with van der Waals surface area (Å²) in [6, 6.07) is 0. The minimum absolute atomic E-state index is 0.0153. The van der Waals surface area contributed by atoms with E-state index in [9.17, 15) is 4.79 Å². The maximum atomic E-state index is 12.0. The lowest BCUT2D eigenvalue weighted by Gasteiger charge is -2.22. The monoisotopic (exact) mass is 233 g/mol. The Balaban J connectivity index is 2.57. The topological polar surface area (TPSA) is 29.1 Å². The van der Waals surface area contributed by atoms with E-state index in [1.807, 2.05) is 24.3 Å². The van der Waals surface area contributed by atoms with Crippen LogP contribution in [0.1, 0.15) is 34.1 Å². The van der Waals surface area contributed by atoms with Crippen molar-refractivity contribution in [2.45, 2.75) is 34.1 Å². The van der Waals surface area contributed by atoms with Crippen LogP contribution in [0.25, 0.3) is 0 Å². The second kappa shape index (κ2) is 5.85. The molecule has 0 bridgehead atoms. The first-order chi connectivity index (χ1) is 7.94. The molecule has 0 aliphatic heterocycles. The third-order valence-corrected chi connectivity index (χ3v) is 3.22. The maximum absolute atomic E-state index is 12.0. The van der Waals surface area contributed by atoms with Gasteiger partial charge in [0.15, 0.2) is 0 Å². The molecule has 1 atom stereocenters. The van der Waals surface area contributed by atoms with E-state index in [1.165, 1.54) is 0 Å². The van der Waals surface area contributed by atoms with Gasteiger partial charge in [-0.1, -0.05) is 52.0 Å². The van der Waals surface area contributed by atoms with Gasteiger partial charge in [-0.05, 0) is 23.8 Å². The molecular weight excluding hydrogens is 210 g/mol. The molecule has 1 amide bonds. The SMILES string of the molecule is CCC(C)(C)CNC(=O)C1=CC=CC(C)C=C1. The van der Waals surface area contributed by atoms with E-state index in [2.05, 4.69) is 39.1 Å². The average Bonchev–Trinajstić information content (AvgIpc) is 2.51. The second-order valence-corrected chi connectivity index (χ2v) is 5.43. The summed E-state index contributed by atoms with van der Waals surface area (Å²) in [5.41, 5.74) is 0.894. The maximum Gasteiger partial charge on any atom is 0.251 e. The molecule has 1 aliphatic rings. The molecule has 0 aromatic carbocycles. The lowest BCUT2D eigenvalue weighted by molar-refractivity contribution is -0.117. The Labute approximate surface area is 104 Å². The van der Waals surface area contributed by atoms with E-state index in [0.29, 0.717) is 12.5 Å². The summed E-state index contributed by atoms with van der Waals surface area (Å²) in [6.45, 7) is 9.27. The highest BCUT2D eigenvalue weighted by molar-refractivity contribution is 5.96. The Morgan fingerprint density at radius 1 is 1.41 bits per heavy atom. The Kier molecular flexibility index (Phi) is 4.73. The van der Waals surface area contributed by atoms with Crippen LogP contribution >= 0.6 is 0 Å². The van der Waals surface area contributed by atoms with Crippen LogP contribution in [0.15, 0.2) is 36.0 Å². The van der Waals surface area contributed by atoms with Gasteiger partial charge >= 0.3 is 0 Å². The predicted molar refractivity (Wildman–Crippen MR) is 72.6 cm³/mol. The zero-order chi connectivity index (χ0) is 12.9. The van der Waals surface area contributed by atoms with Gasteiger partial charge in [-0.3, -0.25) is 4.79 Å². The molecule has 0 aromatic rings.